The Morgan fingerprint density at radius 1 is 0.968 bits per heavy atom. The highest BCUT2D eigenvalue weighted by Crippen LogP contribution is 2.07. The molecule has 0 aliphatic rings. The lowest BCUT2D eigenvalue weighted by molar-refractivity contribution is -0.143. The zero-order valence-corrected chi connectivity index (χ0v) is 18.6. The molecule has 0 radical (unpaired) electrons. The second kappa shape index (κ2) is 12.7. The van der Waals surface area contributed by atoms with Crippen molar-refractivity contribution in [2.24, 2.45) is 17.6 Å². The number of carbonyl (C=O) groups is 4. The smallest absolute Gasteiger partial charge is 0.326 e. The van der Waals surface area contributed by atoms with Crippen LogP contribution in [0.25, 0.3) is 0 Å². The van der Waals surface area contributed by atoms with E-state index in [-0.39, 0.29) is 24.8 Å². The maximum atomic E-state index is 12.8. The van der Waals surface area contributed by atoms with E-state index in [1.54, 1.807) is 38.1 Å². The van der Waals surface area contributed by atoms with E-state index in [0.717, 1.165) is 5.56 Å². The third-order valence-electron chi connectivity index (χ3n) is 4.65. The first-order valence-corrected chi connectivity index (χ1v) is 10.4. The number of nitrogens with one attached hydrogen (secondary N) is 3. The number of nitrogens with two attached hydrogens (primary N) is 1. The number of aliphatic carboxylic acids is 1. The Hall–Kier alpha value is -2.94. The Morgan fingerprint density at radius 2 is 1.58 bits per heavy atom. The lowest BCUT2D eigenvalue weighted by Crippen LogP contribution is -2.55. The molecule has 0 aliphatic carbocycles. The second-order valence-electron chi connectivity index (χ2n) is 8.33. The molecule has 1 aromatic rings. The molecule has 3 atom stereocenters. The SMILES string of the molecule is CC(C)CC(N)C(=O)NCC(=O)NC(Cc1ccccc1)C(=O)NC(C(=O)O)C(C)C. The minimum absolute atomic E-state index is 0.170. The van der Waals surface area contributed by atoms with Gasteiger partial charge in [-0.25, -0.2) is 4.79 Å². The summed E-state index contributed by atoms with van der Waals surface area (Å²) in [5.41, 5.74) is 6.60. The summed E-state index contributed by atoms with van der Waals surface area (Å²) >= 11 is 0. The van der Waals surface area contributed by atoms with Crippen molar-refractivity contribution in [2.75, 3.05) is 6.54 Å². The van der Waals surface area contributed by atoms with Crippen LogP contribution in [0.2, 0.25) is 0 Å². The van der Waals surface area contributed by atoms with E-state index in [2.05, 4.69) is 16.0 Å². The van der Waals surface area contributed by atoms with Gasteiger partial charge < -0.3 is 26.8 Å². The Kier molecular flexibility index (Phi) is 10.7. The van der Waals surface area contributed by atoms with Crippen LogP contribution >= 0.6 is 0 Å². The van der Waals surface area contributed by atoms with Crippen LogP contribution in [-0.2, 0) is 25.6 Å². The summed E-state index contributed by atoms with van der Waals surface area (Å²) in [6.07, 6.45) is 0.655. The number of carboxylic acids is 1. The van der Waals surface area contributed by atoms with Crippen LogP contribution < -0.4 is 21.7 Å². The van der Waals surface area contributed by atoms with Gasteiger partial charge in [0.05, 0.1) is 12.6 Å². The molecule has 3 unspecified atom stereocenters. The molecule has 0 fully saturated rings. The van der Waals surface area contributed by atoms with Crippen molar-refractivity contribution >= 4 is 23.7 Å². The maximum absolute atomic E-state index is 12.8. The highest BCUT2D eigenvalue weighted by Gasteiger charge is 2.28. The molecule has 9 heteroatoms. The van der Waals surface area contributed by atoms with Gasteiger partial charge in [0.1, 0.15) is 12.1 Å². The molecule has 0 saturated carbocycles. The fourth-order valence-electron chi connectivity index (χ4n) is 2.99. The van der Waals surface area contributed by atoms with Crippen molar-refractivity contribution in [3.63, 3.8) is 0 Å². The normalized spacial score (nSPS) is 13.9. The molecular weight excluding hydrogens is 400 g/mol. The summed E-state index contributed by atoms with van der Waals surface area (Å²) in [5, 5.41) is 16.9. The standard InChI is InChI=1S/C22H34N4O5/c1-13(2)10-16(23)20(28)24-12-18(27)25-17(11-15-8-6-5-7-9-15)21(29)26-19(14(3)4)22(30)31/h5-9,13-14,16-17,19H,10-12,23H2,1-4H3,(H,24,28)(H,25,27)(H,26,29)(H,30,31). The first kappa shape index (κ1) is 26.1. The van der Waals surface area contributed by atoms with Gasteiger partial charge in [0.25, 0.3) is 0 Å². The summed E-state index contributed by atoms with van der Waals surface area (Å²) in [6, 6.07) is 6.22. The fourth-order valence-corrected chi connectivity index (χ4v) is 2.99. The van der Waals surface area contributed by atoms with Crippen LogP contribution in [0.15, 0.2) is 30.3 Å². The van der Waals surface area contributed by atoms with Crippen LogP contribution in [-0.4, -0.2) is 53.5 Å². The van der Waals surface area contributed by atoms with Gasteiger partial charge in [-0.3, -0.25) is 14.4 Å². The van der Waals surface area contributed by atoms with E-state index in [0.29, 0.717) is 6.42 Å². The average molecular weight is 435 g/mol. The molecule has 0 aliphatic heterocycles. The summed E-state index contributed by atoms with van der Waals surface area (Å²) in [4.78, 5) is 48.6. The monoisotopic (exact) mass is 434 g/mol. The number of amides is 3. The van der Waals surface area contributed by atoms with Crippen LogP contribution in [0.1, 0.15) is 39.7 Å². The number of carboxylic acid groups (broad SMARTS) is 1. The number of hydrogen-bond acceptors (Lipinski definition) is 5. The molecule has 9 nitrogen and oxygen atoms in total. The number of hydrogen-bond donors (Lipinski definition) is 5. The van der Waals surface area contributed by atoms with Crippen LogP contribution in [0.5, 0.6) is 0 Å². The van der Waals surface area contributed by atoms with Gasteiger partial charge in [-0.15, -0.1) is 0 Å². The van der Waals surface area contributed by atoms with E-state index in [1.807, 2.05) is 19.9 Å². The molecule has 3 amide bonds. The molecule has 6 N–H and O–H groups in total. The molecule has 1 rings (SSSR count). The second-order valence-corrected chi connectivity index (χ2v) is 8.33. The molecule has 1 aromatic carbocycles. The molecule has 31 heavy (non-hydrogen) atoms. The topological polar surface area (TPSA) is 151 Å². The Labute approximate surface area is 183 Å². The first-order chi connectivity index (χ1) is 14.5. The van der Waals surface area contributed by atoms with Crippen molar-refractivity contribution in [1.82, 2.24) is 16.0 Å². The Morgan fingerprint density at radius 3 is 2.10 bits per heavy atom. The molecular formula is C22H34N4O5. The molecule has 172 valence electrons. The van der Waals surface area contributed by atoms with Gasteiger partial charge in [0.2, 0.25) is 17.7 Å². The zero-order chi connectivity index (χ0) is 23.6. The van der Waals surface area contributed by atoms with Crippen molar-refractivity contribution < 1.29 is 24.3 Å². The van der Waals surface area contributed by atoms with E-state index >= 15 is 0 Å². The van der Waals surface area contributed by atoms with E-state index in [9.17, 15) is 24.3 Å². The summed E-state index contributed by atoms with van der Waals surface area (Å²) < 4.78 is 0. The van der Waals surface area contributed by atoms with Gasteiger partial charge in [0.15, 0.2) is 0 Å². The van der Waals surface area contributed by atoms with Gasteiger partial charge >= 0.3 is 5.97 Å². The average Bonchev–Trinajstić information content (AvgIpc) is 2.69. The van der Waals surface area contributed by atoms with Crippen molar-refractivity contribution in [2.45, 2.75) is 58.7 Å². The van der Waals surface area contributed by atoms with Crippen molar-refractivity contribution in [3.05, 3.63) is 35.9 Å². The Balaban J connectivity index is 2.82. The predicted molar refractivity (Wildman–Crippen MR) is 117 cm³/mol. The Bertz CT molecular complexity index is 752. The molecule has 0 heterocycles. The van der Waals surface area contributed by atoms with Crippen molar-refractivity contribution in [3.8, 4) is 0 Å². The largest absolute Gasteiger partial charge is 0.480 e. The summed E-state index contributed by atoms with van der Waals surface area (Å²) in [6.45, 7) is 6.90. The molecule has 0 saturated heterocycles. The summed E-state index contributed by atoms with van der Waals surface area (Å²) in [5.74, 6) is -2.88. The minimum Gasteiger partial charge on any atom is -0.480 e. The third-order valence-corrected chi connectivity index (χ3v) is 4.65. The highest BCUT2D eigenvalue weighted by molar-refractivity contribution is 5.92. The molecule has 0 spiro atoms. The molecule has 0 bridgehead atoms. The van der Waals surface area contributed by atoms with Gasteiger partial charge in [-0.05, 0) is 23.8 Å². The minimum atomic E-state index is -1.15. The highest BCUT2D eigenvalue weighted by atomic mass is 16.4. The first-order valence-electron chi connectivity index (χ1n) is 10.4. The third kappa shape index (κ3) is 9.61. The van der Waals surface area contributed by atoms with Crippen molar-refractivity contribution in [1.29, 1.82) is 0 Å². The lowest BCUT2D eigenvalue weighted by atomic mass is 10.0. The lowest BCUT2D eigenvalue weighted by Gasteiger charge is -2.23. The number of rotatable bonds is 12. The number of benzene rings is 1. The quantitative estimate of drug-likeness (QED) is 0.322. The van der Waals surface area contributed by atoms with Crippen LogP contribution in [0, 0.1) is 11.8 Å². The van der Waals surface area contributed by atoms with E-state index < -0.39 is 41.8 Å². The van der Waals surface area contributed by atoms with Gasteiger partial charge in [-0.2, -0.15) is 0 Å². The van der Waals surface area contributed by atoms with Gasteiger partial charge in [-0.1, -0.05) is 58.0 Å². The fraction of sp³-hybridized carbons (Fsp3) is 0.545. The maximum Gasteiger partial charge on any atom is 0.326 e. The van der Waals surface area contributed by atoms with Crippen LogP contribution in [0.4, 0.5) is 0 Å². The van der Waals surface area contributed by atoms with E-state index in [4.69, 9.17) is 5.73 Å². The van der Waals surface area contributed by atoms with E-state index in [1.165, 1.54) is 0 Å². The summed E-state index contributed by atoms with van der Waals surface area (Å²) in [7, 11) is 0. The molecule has 0 aromatic heterocycles. The zero-order valence-electron chi connectivity index (χ0n) is 18.6. The van der Waals surface area contributed by atoms with Gasteiger partial charge in [0, 0.05) is 6.42 Å². The predicted octanol–water partition coefficient (Wildman–Crippen LogP) is 0.429. The number of carbonyl (C=O) groups excluding carboxylic acids is 3. The van der Waals surface area contributed by atoms with Crippen LogP contribution in [0.3, 0.4) is 0 Å².